The molecule has 7 nitrogen and oxygen atoms in total. The molecular weight excluding hydrogens is 352 g/mol. The van der Waals surface area contributed by atoms with Crippen LogP contribution < -0.4 is 4.72 Å². The molecule has 0 aliphatic carbocycles. The van der Waals surface area contributed by atoms with Crippen molar-refractivity contribution in [2.45, 2.75) is 31.2 Å². The fourth-order valence-electron chi connectivity index (χ4n) is 2.71. The second-order valence-electron chi connectivity index (χ2n) is 6.03. The maximum Gasteiger partial charge on any atom is 0.241 e. The third-order valence-corrected chi connectivity index (χ3v) is 7.37. The quantitative estimate of drug-likeness (QED) is 0.872. The minimum atomic E-state index is -3.82. The van der Waals surface area contributed by atoms with Crippen LogP contribution in [0.25, 0.3) is 11.3 Å². The van der Waals surface area contributed by atoms with E-state index in [1.165, 1.54) is 6.07 Å². The fourth-order valence-corrected chi connectivity index (χ4v) is 6.03. The van der Waals surface area contributed by atoms with Crippen molar-refractivity contribution < 1.29 is 21.4 Å². The Morgan fingerprint density at radius 1 is 1.25 bits per heavy atom. The van der Waals surface area contributed by atoms with Crippen LogP contribution in [0, 0.1) is 13.8 Å². The number of benzene rings is 1. The lowest BCUT2D eigenvalue weighted by atomic mass is 10.1. The summed E-state index contributed by atoms with van der Waals surface area (Å²) in [6.07, 6.45) is 0.293. The molecule has 2 aromatic rings. The predicted molar refractivity (Wildman–Crippen MR) is 88.8 cm³/mol. The molecule has 0 radical (unpaired) electrons. The number of nitrogens with zero attached hydrogens (tertiary/aromatic N) is 1. The van der Waals surface area contributed by atoms with Crippen molar-refractivity contribution in [3.8, 4) is 11.3 Å². The molecule has 0 spiro atoms. The molecule has 130 valence electrons. The largest absolute Gasteiger partial charge is 0.356 e. The van der Waals surface area contributed by atoms with Crippen LogP contribution in [0.3, 0.4) is 0 Å². The Balaban J connectivity index is 1.92. The zero-order valence-electron chi connectivity index (χ0n) is 13.3. The van der Waals surface area contributed by atoms with Gasteiger partial charge in [-0.05, 0) is 31.9 Å². The van der Waals surface area contributed by atoms with Crippen molar-refractivity contribution in [1.29, 1.82) is 0 Å². The predicted octanol–water partition coefficient (Wildman–Crippen LogP) is 1.42. The van der Waals surface area contributed by atoms with Gasteiger partial charge in [-0.3, -0.25) is 0 Å². The SMILES string of the molecule is Cc1cc(-c2ccc(C)c(S(=O)(=O)N[C@H]3CCS(=O)(=O)C3)c2)on1. The first-order valence-electron chi connectivity index (χ1n) is 7.43. The van der Waals surface area contributed by atoms with Crippen molar-refractivity contribution in [2.75, 3.05) is 11.5 Å². The number of rotatable bonds is 4. The van der Waals surface area contributed by atoms with Gasteiger partial charge >= 0.3 is 0 Å². The van der Waals surface area contributed by atoms with Crippen LogP contribution in [-0.4, -0.2) is 39.5 Å². The molecule has 1 aromatic carbocycles. The molecule has 1 atom stereocenters. The molecule has 1 N–H and O–H groups in total. The minimum Gasteiger partial charge on any atom is -0.356 e. The smallest absolute Gasteiger partial charge is 0.241 e. The zero-order valence-corrected chi connectivity index (χ0v) is 14.9. The van der Waals surface area contributed by atoms with E-state index in [4.69, 9.17) is 4.52 Å². The molecule has 3 rings (SSSR count). The molecule has 0 unspecified atom stereocenters. The molecule has 1 aliphatic rings. The lowest BCUT2D eigenvalue weighted by Gasteiger charge is -2.14. The molecule has 1 aliphatic heterocycles. The Labute approximate surface area is 141 Å². The number of aromatic nitrogens is 1. The van der Waals surface area contributed by atoms with Gasteiger partial charge in [0.25, 0.3) is 0 Å². The van der Waals surface area contributed by atoms with Crippen LogP contribution in [0.5, 0.6) is 0 Å². The summed E-state index contributed by atoms with van der Waals surface area (Å²) in [6, 6.07) is 6.09. The summed E-state index contributed by atoms with van der Waals surface area (Å²) in [5, 5.41) is 3.80. The average molecular weight is 370 g/mol. The molecular formula is C15H18N2O5S2. The Bertz CT molecular complexity index is 977. The first-order valence-corrected chi connectivity index (χ1v) is 10.7. The molecule has 9 heteroatoms. The van der Waals surface area contributed by atoms with Gasteiger partial charge < -0.3 is 4.52 Å². The monoisotopic (exact) mass is 370 g/mol. The number of aryl methyl sites for hydroxylation is 2. The zero-order chi connectivity index (χ0) is 17.5. The van der Waals surface area contributed by atoms with Crippen LogP contribution in [0.4, 0.5) is 0 Å². The van der Waals surface area contributed by atoms with Crippen LogP contribution in [-0.2, 0) is 19.9 Å². The van der Waals surface area contributed by atoms with Crippen LogP contribution in [0.15, 0.2) is 33.7 Å². The van der Waals surface area contributed by atoms with Gasteiger partial charge in [0.05, 0.1) is 22.1 Å². The summed E-state index contributed by atoms with van der Waals surface area (Å²) in [4.78, 5) is 0.110. The second-order valence-corrected chi connectivity index (χ2v) is 9.95. The lowest BCUT2D eigenvalue weighted by Crippen LogP contribution is -2.35. The highest BCUT2D eigenvalue weighted by Crippen LogP contribution is 2.26. The maximum atomic E-state index is 12.7. The molecule has 1 saturated heterocycles. The van der Waals surface area contributed by atoms with E-state index in [-0.39, 0.29) is 16.4 Å². The van der Waals surface area contributed by atoms with E-state index in [0.29, 0.717) is 29.0 Å². The van der Waals surface area contributed by atoms with E-state index < -0.39 is 25.9 Å². The summed E-state index contributed by atoms with van der Waals surface area (Å²) in [5.74, 6) is 0.329. The molecule has 1 aromatic heterocycles. The molecule has 2 heterocycles. The lowest BCUT2D eigenvalue weighted by molar-refractivity contribution is 0.427. The fraction of sp³-hybridized carbons (Fsp3) is 0.400. The van der Waals surface area contributed by atoms with Gasteiger partial charge in [0, 0.05) is 17.7 Å². The van der Waals surface area contributed by atoms with Gasteiger partial charge in [-0.1, -0.05) is 17.3 Å². The molecule has 0 amide bonds. The van der Waals surface area contributed by atoms with E-state index in [0.717, 1.165) is 0 Å². The highest BCUT2D eigenvalue weighted by Gasteiger charge is 2.32. The number of hydrogen-bond donors (Lipinski definition) is 1. The summed E-state index contributed by atoms with van der Waals surface area (Å²) >= 11 is 0. The van der Waals surface area contributed by atoms with Crippen LogP contribution in [0.1, 0.15) is 17.7 Å². The Hall–Kier alpha value is -1.71. The van der Waals surface area contributed by atoms with Crippen LogP contribution >= 0.6 is 0 Å². The average Bonchev–Trinajstić information content (AvgIpc) is 3.04. The number of nitrogens with one attached hydrogen (secondary N) is 1. The van der Waals surface area contributed by atoms with Crippen molar-refractivity contribution in [2.24, 2.45) is 0 Å². The normalized spacial score (nSPS) is 20.3. The third kappa shape index (κ3) is 3.52. The van der Waals surface area contributed by atoms with E-state index in [9.17, 15) is 16.8 Å². The van der Waals surface area contributed by atoms with Gasteiger partial charge in [0.15, 0.2) is 15.6 Å². The topological polar surface area (TPSA) is 106 Å². The first kappa shape index (κ1) is 17.1. The van der Waals surface area contributed by atoms with Crippen molar-refractivity contribution in [3.63, 3.8) is 0 Å². The van der Waals surface area contributed by atoms with Crippen LogP contribution in [0.2, 0.25) is 0 Å². The van der Waals surface area contributed by atoms with E-state index in [1.54, 1.807) is 32.0 Å². The van der Waals surface area contributed by atoms with Crippen molar-refractivity contribution in [1.82, 2.24) is 9.88 Å². The number of sulfonamides is 1. The maximum absolute atomic E-state index is 12.7. The Kier molecular flexibility index (Phi) is 4.27. The minimum absolute atomic E-state index is 0.0105. The number of hydrogen-bond acceptors (Lipinski definition) is 6. The molecule has 0 bridgehead atoms. The van der Waals surface area contributed by atoms with Gasteiger partial charge in [-0.15, -0.1) is 0 Å². The first-order chi connectivity index (χ1) is 11.2. The van der Waals surface area contributed by atoms with Crippen molar-refractivity contribution in [3.05, 3.63) is 35.5 Å². The highest BCUT2D eigenvalue weighted by atomic mass is 32.2. The van der Waals surface area contributed by atoms with Gasteiger partial charge in [-0.2, -0.15) is 0 Å². The Morgan fingerprint density at radius 3 is 2.58 bits per heavy atom. The third-order valence-electron chi connectivity index (χ3n) is 3.94. The number of sulfone groups is 1. The van der Waals surface area contributed by atoms with E-state index in [1.807, 2.05) is 0 Å². The molecule has 24 heavy (non-hydrogen) atoms. The van der Waals surface area contributed by atoms with Gasteiger partial charge in [0.2, 0.25) is 10.0 Å². The van der Waals surface area contributed by atoms with Gasteiger partial charge in [0.1, 0.15) is 0 Å². The van der Waals surface area contributed by atoms with Gasteiger partial charge in [-0.25, -0.2) is 21.6 Å². The summed E-state index contributed by atoms with van der Waals surface area (Å²) in [6.45, 7) is 3.47. The Morgan fingerprint density at radius 2 is 2.00 bits per heavy atom. The highest BCUT2D eigenvalue weighted by molar-refractivity contribution is 7.92. The van der Waals surface area contributed by atoms with E-state index in [2.05, 4.69) is 9.88 Å². The molecule has 0 saturated carbocycles. The second kappa shape index (κ2) is 5.98. The molecule has 1 fully saturated rings. The van der Waals surface area contributed by atoms with Crippen molar-refractivity contribution >= 4 is 19.9 Å². The van der Waals surface area contributed by atoms with E-state index >= 15 is 0 Å². The summed E-state index contributed by atoms with van der Waals surface area (Å²) in [7, 11) is -6.98. The summed E-state index contributed by atoms with van der Waals surface area (Å²) in [5.41, 5.74) is 1.87. The standard InChI is InChI=1S/C15H18N2O5S2/c1-10-3-4-12(14-7-11(2)16-22-14)8-15(10)24(20,21)17-13-5-6-23(18,19)9-13/h3-4,7-8,13,17H,5-6,9H2,1-2H3/t13-/m0/s1. The summed E-state index contributed by atoms with van der Waals surface area (Å²) < 4.78 is 56.0.